The molecule has 5 heteroatoms. The minimum atomic E-state index is 0.468. The van der Waals surface area contributed by atoms with Crippen molar-refractivity contribution in [3.8, 4) is 11.5 Å². The molecule has 114 valence electrons. The molecule has 0 fully saturated rings. The van der Waals surface area contributed by atoms with E-state index in [2.05, 4.69) is 35.6 Å². The van der Waals surface area contributed by atoms with E-state index in [-0.39, 0.29) is 0 Å². The van der Waals surface area contributed by atoms with Crippen LogP contribution in [0.3, 0.4) is 0 Å². The van der Waals surface area contributed by atoms with Crippen molar-refractivity contribution in [1.82, 2.24) is 10.3 Å². The standard InChI is InChI=1S/C16H22N2O2S/c1-4-15-18-13(11-21-15)10-20-16-12(9-17-5-2)7-6-8-14(16)19-3/h6-8,11,17H,4-5,9-10H2,1-3H3. The summed E-state index contributed by atoms with van der Waals surface area (Å²) >= 11 is 1.68. The number of para-hydroxylation sites is 1. The first-order valence-corrected chi connectivity index (χ1v) is 8.09. The van der Waals surface area contributed by atoms with Crippen molar-refractivity contribution in [3.63, 3.8) is 0 Å². The Labute approximate surface area is 130 Å². The number of rotatable bonds is 8. The lowest BCUT2D eigenvalue weighted by molar-refractivity contribution is 0.277. The molecule has 1 N–H and O–H groups in total. The molecule has 2 aromatic rings. The van der Waals surface area contributed by atoms with E-state index in [0.29, 0.717) is 6.61 Å². The molecule has 1 heterocycles. The smallest absolute Gasteiger partial charge is 0.166 e. The van der Waals surface area contributed by atoms with Gasteiger partial charge in [-0.2, -0.15) is 0 Å². The summed E-state index contributed by atoms with van der Waals surface area (Å²) in [5.74, 6) is 1.56. The number of aryl methyl sites for hydroxylation is 1. The zero-order valence-corrected chi connectivity index (χ0v) is 13.6. The highest BCUT2D eigenvalue weighted by atomic mass is 32.1. The van der Waals surface area contributed by atoms with Gasteiger partial charge in [-0.05, 0) is 19.0 Å². The lowest BCUT2D eigenvalue weighted by Crippen LogP contribution is -2.13. The lowest BCUT2D eigenvalue weighted by atomic mass is 10.2. The van der Waals surface area contributed by atoms with Crippen molar-refractivity contribution in [3.05, 3.63) is 39.8 Å². The Morgan fingerprint density at radius 3 is 2.81 bits per heavy atom. The highest BCUT2D eigenvalue weighted by Crippen LogP contribution is 2.31. The van der Waals surface area contributed by atoms with Crippen LogP contribution in [0.1, 0.15) is 30.1 Å². The number of nitrogens with zero attached hydrogens (tertiary/aromatic N) is 1. The highest BCUT2D eigenvalue weighted by Gasteiger charge is 2.11. The van der Waals surface area contributed by atoms with Crippen molar-refractivity contribution in [2.45, 2.75) is 33.4 Å². The molecule has 0 spiro atoms. The number of benzene rings is 1. The fourth-order valence-corrected chi connectivity index (χ4v) is 2.74. The Morgan fingerprint density at radius 1 is 1.29 bits per heavy atom. The second-order valence-corrected chi connectivity index (χ2v) is 5.55. The first-order chi connectivity index (χ1) is 10.3. The molecule has 0 saturated heterocycles. The zero-order valence-electron chi connectivity index (χ0n) is 12.8. The molecule has 0 radical (unpaired) electrons. The maximum Gasteiger partial charge on any atom is 0.166 e. The van der Waals surface area contributed by atoms with E-state index in [1.165, 1.54) is 0 Å². The van der Waals surface area contributed by atoms with Gasteiger partial charge in [0, 0.05) is 17.5 Å². The predicted molar refractivity (Wildman–Crippen MR) is 86.2 cm³/mol. The van der Waals surface area contributed by atoms with Gasteiger partial charge in [-0.1, -0.05) is 26.0 Å². The molecule has 0 aliphatic rings. The molecule has 0 amide bonds. The minimum Gasteiger partial charge on any atom is -0.493 e. The van der Waals surface area contributed by atoms with Crippen molar-refractivity contribution in [2.24, 2.45) is 0 Å². The third kappa shape index (κ3) is 4.19. The monoisotopic (exact) mass is 306 g/mol. The predicted octanol–water partition coefficient (Wildman–Crippen LogP) is 3.40. The van der Waals surface area contributed by atoms with Gasteiger partial charge in [-0.25, -0.2) is 4.98 Å². The van der Waals surface area contributed by atoms with Crippen LogP contribution in [0.5, 0.6) is 11.5 Å². The Morgan fingerprint density at radius 2 is 2.14 bits per heavy atom. The molecular formula is C16H22N2O2S. The Kier molecular flexibility index (Phi) is 6.02. The maximum absolute atomic E-state index is 5.98. The number of nitrogens with one attached hydrogen (secondary N) is 1. The fraction of sp³-hybridized carbons (Fsp3) is 0.438. The van der Waals surface area contributed by atoms with Gasteiger partial charge in [0.2, 0.25) is 0 Å². The van der Waals surface area contributed by atoms with Crippen LogP contribution in [0, 0.1) is 0 Å². The first kappa shape index (κ1) is 15.8. The summed E-state index contributed by atoms with van der Waals surface area (Å²) < 4.78 is 11.4. The van der Waals surface area contributed by atoms with Gasteiger partial charge in [-0.3, -0.25) is 0 Å². The van der Waals surface area contributed by atoms with Crippen LogP contribution < -0.4 is 14.8 Å². The molecule has 0 atom stereocenters. The molecule has 1 aromatic carbocycles. The van der Waals surface area contributed by atoms with Gasteiger partial charge >= 0.3 is 0 Å². The van der Waals surface area contributed by atoms with Crippen molar-refractivity contribution < 1.29 is 9.47 Å². The van der Waals surface area contributed by atoms with Gasteiger partial charge in [0.05, 0.1) is 17.8 Å². The van der Waals surface area contributed by atoms with Crippen LogP contribution in [-0.4, -0.2) is 18.6 Å². The number of aromatic nitrogens is 1. The average Bonchev–Trinajstić information content (AvgIpc) is 2.99. The van der Waals surface area contributed by atoms with E-state index in [0.717, 1.165) is 47.3 Å². The number of thiazole rings is 1. The molecule has 21 heavy (non-hydrogen) atoms. The number of methoxy groups -OCH3 is 1. The van der Waals surface area contributed by atoms with E-state index in [9.17, 15) is 0 Å². The van der Waals surface area contributed by atoms with Gasteiger partial charge in [0.25, 0.3) is 0 Å². The zero-order chi connectivity index (χ0) is 15.1. The molecular weight excluding hydrogens is 284 g/mol. The SMILES string of the molecule is CCNCc1cccc(OC)c1OCc1csc(CC)n1. The van der Waals surface area contributed by atoms with Crippen LogP contribution in [0.4, 0.5) is 0 Å². The lowest BCUT2D eigenvalue weighted by Gasteiger charge is -2.14. The summed E-state index contributed by atoms with van der Waals surface area (Å²) in [6, 6.07) is 5.96. The number of ether oxygens (including phenoxy) is 2. The third-order valence-corrected chi connectivity index (χ3v) is 4.15. The summed E-state index contributed by atoms with van der Waals surface area (Å²) in [5, 5.41) is 6.51. The van der Waals surface area contributed by atoms with E-state index < -0.39 is 0 Å². The minimum absolute atomic E-state index is 0.468. The molecule has 4 nitrogen and oxygen atoms in total. The summed E-state index contributed by atoms with van der Waals surface area (Å²) in [6.07, 6.45) is 0.963. The van der Waals surface area contributed by atoms with Crippen LogP contribution in [0.25, 0.3) is 0 Å². The maximum atomic E-state index is 5.98. The molecule has 0 saturated carbocycles. The van der Waals surface area contributed by atoms with Crippen molar-refractivity contribution >= 4 is 11.3 Å². The summed E-state index contributed by atoms with van der Waals surface area (Å²) in [7, 11) is 1.66. The largest absolute Gasteiger partial charge is 0.493 e. The second kappa shape index (κ2) is 8.00. The molecule has 0 aliphatic heterocycles. The summed E-state index contributed by atoms with van der Waals surface area (Å²) in [5.41, 5.74) is 2.07. The highest BCUT2D eigenvalue weighted by molar-refractivity contribution is 7.09. The number of hydrogen-bond acceptors (Lipinski definition) is 5. The average molecular weight is 306 g/mol. The van der Waals surface area contributed by atoms with E-state index >= 15 is 0 Å². The van der Waals surface area contributed by atoms with E-state index in [4.69, 9.17) is 9.47 Å². The van der Waals surface area contributed by atoms with Crippen LogP contribution >= 0.6 is 11.3 Å². The van der Waals surface area contributed by atoms with Crippen LogP contribution in [0.15, 0.2) is 23.6 Å². The molecule has 0 aliphatic carbocycles. The Balaban J connectivity index is 2.12. The van der Waals surface area contributed by atoms with Crippen molar-refractivity contribution in [2.75, 3.05) is 13.7 Å². The normalized spacial score (nSPS) is 10.6. The fourth-order valence-electron chi connectivity index (χ4n) is 2.01. The van der Waals surface area contributed by atoms with Crippen LogP contribution in [-0.2, 0) is 19.6 Å². The summed E-state index contributed by atoms with van der Waals surface area (Å²) in [4.78, 5) is 4.53. The van der Waals surface area contributed by atoms with E-state index in [1.807, 2.05) is 12.1 Å². The molecule has 1 aromatic heterocycles. The first-order valence-electron chi connectivity index (χ1n) is 7.21. The van der Waals surface area contributed by atoms with E-state index in [1.54, 1.807) is 18.4 Å². The Bertz CT molecular complexity index is 569. The molecule has 0 unspecified atom stereocenters. The van der Waals surface area contributed by atoms with Gasteiger partial charge in [-0.15, -0.1) is 11.3 Å². The topological polar surface area (TPSA) is 43.4 Å². The summed E-state index contributed by atoms with van der Waals surface area (Å²) in [6.45, 7) is 6.35. The Hall–Kier alpha value is -1.59. The van der Waals surface area contributed by atoms with Crippen molar-refractivity contribution in [1.29, 1.82) is 0 Å². The quantitative estimate of drug-likeness (QED) is 0.812. The van der Waals surface area contributed by atoms with Gasteiger partial charge in [0.15, 0.2) is 11.5 Å². The third-order valence-electron chi connectivity index (χ3n) is 3.11. The number of hydrogen-bond donors (Lipinski definition) is 1. The molecule has 2 rings (SSSR count). The van der Waals surface area contributed by atoms with Crippen LogP contribution in [0.2, 0.25) is 0 Å². The molecule has 0 bridgehead atoms. The second-order valence-electron chi connectivity index (χ2n) is 4.60. The van der Waals surface area contributed by atoms with Gasteiger partial charge < -0.3 is 14.8 Å². The van der Waals surface area contributed by atoms with Gasteiger partial charge in [0.1, 0.15) is 6.61 Å².